The van der Waals surface area contributed by atoms with Crippen LogP contribution in [0.1, 0.15) is 5.56 Å². The maximum Gasteiger partial charge on any atom is 0.416 e. The van der Waals surface area contributed by atoms with Gasteiger partial charge in [-0.1, -0.05) is 12.1 Å². The van der Waals surface area contributed by atoms with Crippen LogP contribution in [-0.2, 0) is 11.0 Å². The Kier molecular flexibility index (Phi) is 3.33. The molecule has 0 unspecified atom stereocenters. The Morgan fingerprint density at radius 2 is 2.05 bits per heavy atom. The summed E-state index contributed by atoms with van der Waals surface area (Å²) >= 11 is 0. The van der Waals surface area contributed by atoms with E-state index in [1.165, 1.54) is 11.0 Å². The molecule has 0 saturated heterocycles. The van der Waals surface area contributed by atoms with Gasteiger partial charge in [0.15, 0.2) is 0 Å². The third-order valence-corrected chi connectivity index (χ3v) is 2.73. The summed E-state index contributed by atoms with van der Waals surface area (Å²) in [5, 5.41) is 0. The number of carbonyl (C=O) groups is 1. The first-order valence-electron chi connectivity index (χ1n) is 5.49. The summed E-state index contributed by atoms with van der Waals surface area (Å²) in [6.45, 7) is 0.160. The highest BCUT2D eigenvalue weighted by molar-refractivity contribution is 5.93. The number of allylic oxidation sites excluding steroid dienone is 2. The predicted molar refractivity (Wildman–Crippen MR) is 65.2 cm³/mol. The maximum absolute atomic E-state index is 12.6. The molecule has 0 radical (unpaired) electrons. The van der Waals surface area contributed by atoms with Crippen LogP contribution in [0.3, 0.4) is 0 Å². The number of nitrogens with zero attached hydrogens (tertiary/aromatic N) is 1. The van der Waals surface area contributed by atoms with E-state index in [1.807, 2.05) is 0 Å². The molecule has 0 bridgehead atoms. The van der Waals surface area contributed by atoms with Gasteiger partial charge in [0.1, 0.15) is 0 Å². The summed E-state index contributed by atoms with van der Waals surface area (Å²) in [6, 6.07) is 4.91. The van der Waals surface area contributed by atoms with Crippen molar-refractivity contribution in [2.24, 2.45) is 5.73 Å². The molecular weight excluding hydrogens is 257 g/mol. The summed E-state index contributed by atoms with van der Waals surface area (Å²) in [4.78, 5) is 12.6. The van der Waals surface area contributed by atoms with Crippen LogP contribution in [0.4, 0.5) is 18.9 Å². The standard InChI is InChI=1S/C13H11F3N2O/c14-13(15,16)10-4-1-5-11(7-10)18-6-2-3-9(8-18)12(17)19/h1-7H,8H2,(H2,17,19). The number of rotatable bonds is 2. The van der Waals surface area contributed by atoms with Gasteiger partial charge < -0.3 is 10.6 Å². The normalized spacial score (nSPS) is 15.3. The minimum Gasteiger partial charge on any atom is -0.366 e. The van der Waals surface area contributed by atoms with Gasteiger partial charge in [0.05, 0.1) is 12.1 Å². The molecule has 0 fully saturated rings. The Morgan fingerprint density at radius 1 is 1.32 bits per heavy atom. The topological polar surface area (TPSA) is 46.3 Å². The van der Waals surface area contributed by atoms with Crippen LogP contribution in [0.25, 0.3) is 0 Å². The molecule has 0 aliphatic carbocycles. The van der Waals surface area contributed by atoms with Gasteiger partial charge in [-0.05, 0) is 24.3 Å². The van der Waals surface area contributed by atoms with E-state index >= 15 is 0 Å². The average molecular weight is 268 g/mol. The number of carbonyl (C=O) groups excluding carboxylic acids is 1. The third kappa shape index (κ3) is 2.96. The second-order valence-electron chi connectivity index (χ2n) is 4.07. The Hall–Kier alpha value is -2.24. The first kappa shape index (κ1) is 13.2. The number of amides is 1. The molecule has 1 heterocycles. The van der Waals surface area contributed by atoms with Crippen LogP contribution in [0.5, 0.6) is 0 Å². The molecule has 1 aromatic rings. The maximum atomic E-state index is 12.6. The Morgan fingerprint density at radius 3 is 2.68 bits per heavy atom. The first-order valence-corrected chi connectivity index (χ1v) is 5.49. The fourth-order valence-electron chi connectivity index (χ4n) is 1.75. The van der Waals surface area contributed by atoms with Crippen molar-refractivity contribution in [1.29, 1.82) is 0 Å². The highest BCUT2D eigenvalue weighted by Gasteiger charge is 2.30. The van der Waals surface area contributed by atoms with E-state index in [2.05, 4.69) is 0 Å². The fourth-order valence-corrected chi connectivity index (χ4v) is 1.75. The van der Waals surface area contributed by atoms with Crippen LogP contribution in [0.2, 0.25) is 0 Å². The lowest BCUT2D eigenvalue weighted by molar-refractivity contribution is -0.137. The van der Waals surface area contributed by atoms with E-state index < -0.39 is 17.6 Å². The van der Waals surface area contributed by atoms with Crippen molar-refractivity contribution in [3.63, 3.8) is 0 Å². The van der Waals surface area contributed by atoms with E-state index in [1.54, 1.807) is 24.4 Å². The quantitative estimate of drug-likeness (QED) is 0.895. The Bertz CT molecular complexity index is 561. The smallest absolute Gasteiger partial charge is 0.366 e. The molecule has 1 aliphatic heterocycles. The molecular formula is C13H11F3N2O. The second kappa shape index (κ2) is 4.79. The number of nitrogens with two attached hydrogens (primary N) is 1. The monoisotopic (exact) mass is 268 g/mol. The van der Waals surface area contributed by atoms with Crippen molar-refractivity contribution in [3.05, 3.63) is 53.8 Å². The van der Waals surface area contributed by atoms with Gasteiger partial charge in [-0.25, -0.2) is 0 Å². The largest absolute Gasteiger partial charge is 0.416 e. The number of hydrogen-bond donors (Lipinski definition) is 1. The highest BCUT2D eigenvalue weighted by atomic mass is 19.4. The van der Waals surface area contributed by atoms with E-state index in [-0.39, 0.29) is 6.54 Å². The molecule has 0 spiro atoms. The Balaban J connectivity index is 2.27. The van der Waals surface area contributed by atoms with E-state index in [0.717, 1.165) is 12.1 Å². The summed E-state index contributed by atoms with van der Waals surface area (Å²) < 4.78 is 37.9. The molecule has 1 aliphatic rings. The van der Waals surface area contributed by atoms with Crippen molar-refractivity contribution in [3.8, 4) is 0 Å². The van der Waals surface area contributed by atoms with Gasteiger partial charge in [-0.3, -0.25) is 4.79 Å². The molecule has 1 amide bonds. The van der Waals surface area contributed by atoms with Crippen molar-refractivity contribution >= 4 is 11.6 Å². The number of anilines is 1. The predicted octanol–water partition coefficient (Wildman–Crippen LogP) is 2.45. The molecule has 6 heteroatoms. The summed E-state index contributed by atoms with van der Waals surface area (Å²) in [7, 11) is 0. The van der Waals surface area contributed by atoms with Gasteiger partial charge in [0.25, 0.3) is 0 Å². The fraction of sp³-hybridized carbons (Fsp3) is 0.154. The van der Waals surface area contributed by atoms with E-state index in [9.17, 15) is 18.0 Å². The zero-order chi connectivity index (χ0) is 14.0. The Labute approximate surface area is 107 Å². The summed E-state index contributed by atoms with van der Waals surface area (Å²) in [5.41, 5.74) is 5.14. The number of primary amides is 1. The van der Waals surface area contributed by atoms with Crippen molar-refractivity contribution in [1.82, 2.24) is 0 Å². The molecule has 2 N–H and O–H groups in total. The number of halogens is 3. The lowest BCUT2D eigenvalue weighted by Gasteiger charge is -2.24. The highest BCUT2D eigenvalue weighted by Crippen LogP contribution is 2.32. The van der Waals surface area contributed by atoms with Gasteiger partial charge in [0.2, 0.25) is 5.91 Å². The molecule has 2 rings (SSSR count). The SMILES string of the molecule is NC(=O)C1=CC=CN(c2cccc(C(F)(F)F)c2)C1. The molecule has 1 aromatic carbocycles. The minimum absolute atomic E-state index is 0.160. The van der Waals surface area contributed by atoms with Crippen LogP contribution >= 0.6 is 0 Å². The minimum atomic E-state index is -4.39. The molecule has 0 atom stereocenters. The molecule has 19 heavy (non-hydrogen) atoms. The summed E-state index contributed by atoms with van der Waals surface area (Å²) in [5.74, 6) is -0.582. The summed E-state index contributed by atoms with van der Waals surface area (Å²) in [6.07, 6.45) is 0.329. The molecule has 0 saturated carbocycles. The van der Waals surface area contributed by atoms with Gasteiger partial charge in [-0.2, -0.15) is 13.2 Å². The van der Waals surface area contributed by atoms with Gasteiger partial charge >= 0.3 is 6.18 Å². The van der Waals surface area contributed by atoms with E-state index in [4.69, 9.17) is 5.73 Å². The number of benzene rings is 1. The number of alkyl halides is 3. The van der Waals surface area contributed by atoms with Gasteiger partial charge in [-0.15, -0.1) is 0 Å². The first-order chi connectivity index (χ1) is 8.88. The number of hydrogen-bond acceptors (Lipinski definition) is 2. The molecule has 100 valence electrons. The van der Waals surface area contributed by atoms with Crippen LogP contribution in [0.15, 0.2) is 48.2 Å². The van der Waals surface area contributed by atoms with E-state index in [0.29, 0.717) is 11.3 Å². The van der Waals surface area contributed by atoms with Crippen LogP contribution < -0.4 is 10.6 Å². The zero-order valence-electron chi connectivity index (χ0n) is 9.82. The van der Waals surface area contributed by atoms with Crippen LogP contribution in [0, 0.1) is 0 Å². The van der Waals surface area contributed by atoms with Crippen molar-refractivity contribution in [2.45, 2.75) is 6.18 Å². The third-order valence-electron chi connectivity index (χ3n) is 2.73. The van der Waals surface area contributed by atoms with Gasteiger partial charge in [0, 0.05) is 17.5 Å². The second-order valence-corrected chi connectivity index (χ2v) is 4.07. The van der Waals surface area contributed by atoms with Crippen molar-refractivity contribution in [2.75, 3.05) is 11.4 Å². The average Bonchev–Trinajstić information content (AvgIpc) is 2.38. The lowest BCUT2D eigenvalue weighted by Crippen LogP contribution is -2.28. The molecule has 0 aromatic heterocycles. The molecule has 3 nitrogen and oxygen atoms in total. The van der Waals surface area contributed by atoms with Crippen molar-refractivity contribution < 1.29 is 18.0 Å². The lowest BCUT2D eigenvalue weighted by atomic mass is 10.1. The zero-order valence-corrected chi connectivity index (χ0v) is 9.82. The van der Waals surface area contributed by atoms with Crippen LogP contribution in [-0.4, -0.2) is 12.5 Å².